The lowest BCUT2D eigenvalue weighted by Crippen LogP contribution is -2.18. The van der Waals surface area contributed by atoms with Crippen LogP contribution < -0.4 is 0 Å². The lowest BCUT2D eigenvalue weighted by molar-refractivity contribution is 0.109. The molecule has 5 heteroatoms. The van der Waals surface area contributed by atoms with Gasteiger partial charge in [-0.05, 0) is 47.7 Å². The van der Waals surface area contributed by atoms with E-state index in [1.807, 2.05) is 16.4 Å². The highest BCUT2D eigenvalue weighted by molar-refractivity contribution is 9.10. The number of rotatable bonds is 3. The number of hydrogen-bond acceptors (Lipinski definition) is 3. The van der Waals surface area contributed by atoms with Crippen LogP contribution in [0.3, 0.4) is 0 Å². The fraction of sp³-hybridized carbons (Fsp3) is 0.727. The minimum Gasteiger partial charge on any atom is -0.386 e. The van der Waals surface area contributed by atoms with Crippen molar-refractivity contribution in [2.24, 2.45) is 5.92 Å². The van der Waals surface area contributed by atoms with Crippen molar-refractivity contribution in [3.8, 4) is 0 Å². The van der Waals surface area contributed by atoms with Crippen molar-refractivity contribution < 1.29 is 5.11 Å². The first-order valence-electron chi connectivity index (χ1n) is 5.60. The van der Waals surface area contributed by atoms with Gasteiger partial charge in [0, 0.05) is 12.0 Å². The Morgan fingerprint density at radius 3 is 2.94 bits per heavy atom. The normalized spacial score (nSPS) is 22.9. The Kier molecular flexibility index (Phi) is 3.97. The zero-order chi connectivity index (χ0) is 11.7. The Labute approximate surface area is 109 Å². The number of nitrogens with zero attached hydrogens (tertiary/aromatic N) is 2. The zero-order valence-electron chi connectivity index (χ0n) is 9.56. The molecule has 1 fully saturated rings. The van der Waals surface area contributed by atoms with Crippen LogP contribution >= 0.6 is 27.7 Å². The Morgan fingerprint density at radius 2 is 2.38 bits per heavy atom. The summed E-state index contributed by atoms with van der Waals surface area (Å²) < 4.78 is 2.84. The van der Waals surface area contributed by atoms with Crippen molar-refractivity contribution in [3.63, 3.8) is 0 Å². The van der Waals surface area contributed by atoms with E-state index < -0.39 is 6.10 Å². The molecule has 2 atom stereocenters. The van der Waals surface area contributed by atoms with E-state index in [4.69, 9.17) is 0 Å². The number of thioether (sulfide) groups is 1. The van der Waals surface area contributed by atoms with Crippen molar-refractivity contribution in [2.75, 3.05) is 11.5 Å². The molecule has 1 saturated heterocycles. The SMILES string of the molecule is CC(C)n1ncc(Br)c1C(O)C1CCSC1. The second kappa shape index (κ2) is 5.10. The fourth-order valence-corrected chi connectivity index (χ4v) is 3.86. The Balaban J connectivity index is 2.27. The first-order chi connectivity index (χ1) is 7.61. The average molecular weight is 305 g/mol. The molecule has 16 heavy (non-hydrogen) atoms. The van der Waals surface area contributed by atoms with Gasteiger partial charge in [0.05, 0.1) is 16.4 Å². The Hall–Kier alpha value is -0.0000000000000000555. The maximum atomic E-state index is 10.4. The van der Waals surface area contributed by atoms with Gasteiger partial charge >= 0.3 is 0 Å². The monoisotopic (exact) mass is 304 g/mol. The van der Waals surface area contributed by atoms with E-state index in [0.29, 0.717) is 5.92 Å². The minimum absolute atomic E-state index is 0.282. The number of hydrogen-bond donors (Lipinski definition) is 1. The van der Waals surface area contributed by atoms with Gasteiger partial charge in [-0.15, -0.1) is 0 Å². The Morgan fingerprint density at radius 1 is 1.62 bits per heavy atom. The molecule has 2 rings (SSSR count). The van der Waals surface area contributed by atoms with Crippen molar-refractivity contribution in [2.45, 2.75) is 32.4 Å². The van der Waals surface area contributed by atoms with Gasteiger partial charge in [0.2, 0.25) is 0 Å². The molecule has 3 nitrogen and oxygen atoms in total. The van der Waals surface area contributed by atoms with Crippen LogP contribution in [0, 0.1) is 5.92 Å². The summed E-state index contributed by atoms with van der Waals surface area (Å²) in [7, 11) is 0. The van der Waals surface area contributed by atoms with Crippen LogP contribution in [-0.4, -0.2) is 26.4 Å². The molecule has 0 aliphatic carbocycles. The highest BCUT2D eigenvalue weighted by Crippen LogP contribution is 2.37. The zero-order valence-corrected chi connectivity index (χ0v) is 12.0. The molecule has 1 N–H and O–H groups in total. The topological polar surface area (TPSA) is 38.0 Å². The standard InChI is InChI=1S/C11H17BrN2OS/c1-7(2)14-10(9(12)5-13-14)11(15)8-3-4-16-6-8/h5,7-8,11,15H,3-4,6H2,1-2H3. The summed E-state index contributed by atoms with van der Waals surface area (Å²) >= 11 is 5.41. The van der Waals surface area contributed by atoms with Gasteiger partial charge < -0.3 is 5.11 Å². The third-order valence-corrected chi connectivity index (χ3v) is 4.77. The van der Waals surface area contributed by atoms with Crippen LogP contribution in [0.2, 0.25) is 0 Å². The predicted octanol–water partition coefficient (Wildman–Crippen LogP) is 3.01. The number of halogens is 1. The van der Waals surface area contributed by atoms with E-state index in [9.17, 15) is 5.11 Å². The fourth-order valence-electron chi connectivity index (χ4n) is 2.06. The number of aromatic nitrogens is 2. The van der Waals surface area contributed by atoms with E-state index in [1.165, 1.54) is 0 Å². The third-order valence-electron chi connectivity index (χ3n) is 2.97. The van der Waals surface area contributed by atoms with E-state index in [1.54, 1.807) is 6.20 Å². The van der Waals surface area contributed by atoms with Gasteiger partial charge in [-0.1, -0.05) is 0 Å². The van der Waals surface area contributed by atoms with Gasteiger partial charge in [0.1, 0.15) is 6.10 Å². The first-order valence-corrected chi connectivity index (χ1v) is 7.54. The van der Waals surface area contributed by atoms with Crippen LogP contribution in [0.5, 0.6) is 0 Å². The molecule has 90 valence electrons. The van der Waals surface area contributed by atoms with Gasteiger partial charge in [-0.25, -0.2) is 0 Å². The third kappa shape index (κ3) is 2.31. The predicted molar refractivity (Wildman–Crippen MR) is 70.7 cm³/mol. The molecular formula is C11H17BrN2OS. The largest absolute Gasteiger partial charge is 0.386 e. The molecule has 0 bridgehead atoms. The molecular weight excluding hydrogens is 288 g/mol. The van der Waals surface area contributed by atoms with E-state index in [0.717, 1.165) is 28.1 Å². The molecule has 1 aliphatic rings. The highest BCUT2D eigenvalue weighted by atomic mass is 79.9. The molecule has 1 aliphatic heterocycles. The van der Waals surface area contributed by atoms with Gasteiger partial charge in [0.15, 0.2) is 0 Å². The van der Waals surface area contributed by atoms with Crippen LogP contribution in [0.25, 0.3) is 0 Å². The minimum atomic E-state index is -0.394. The smallest absolute Gasteiger partial charge is 0.100 e. The summed E-state index contributed by atoms with van der Waals surface area (Å²) in [5.41, 5.74) is 0.933. The lowest BCUT2D eigenvalue weighted by Gasteiger charge is -2.20. The van der Waals surface area contributed by atoms with Gasteiger partial charge in [0.25, 0.3) is 0 Å². The molecule has 0 aromatic carbocycles. The van der Waals surface area contributed by atoms with Gasteiger partial charge in [-0.2, -0.15) is 16.9 Å². The average Bonchev–Trinajstić information content (AvgIpc) is 2.84. The summed E-state index contributed by atoms with van der Waals surface area (Å²) in [6.07, 6.45) is 2.48. The van der Waals surface area contributed by atoms with Gasteiger partial charge in [-0.3, -0.25) is 4.68 Å². The molecule has 0 radical (unpaired) electrons. The number of aliphatic hydroxyl groups excluding tert-OH is 1. The van der Waals surface area contributed by atoms with E-state index in [2.05, 4.69) is 34.9 Å². The van der Waals surface area contributed by atoms with Crippen molar-refractivity contribution >= 4 is 27.7 Å². The quantitative estimate of drug-likeness (QED) is 0.933. The summed E-state index contributed by atoms with van der Waals surface area (Å²) in [6, 6.07) is 0.282. The molecule has 1 aromatic heterocycles. The lowest BCUT2D eigenvalue weighted by atomic mass is 9.99. The van der Waals surface area contributed by atoms with Crippen LogP contribution in [0.1, 0.15) is 38.1 Å². The van der Waals surface area contributed by atoms with Crippen molar-refractivity contribution in [1.29, 1.82) is 0 Å². The molecule has 0 spiro atoms. The summed E-state index contributed by atoms with van der Waals surface area (Å²) in [5.74, 6) is 2.59. The second-order valence-electron chi connectivity index (χ2n) is 4.48. The maximum Gasteiger partial charge on any atom is 0.100 e. The molecule has 2 unspecified atom stereocenters. The highest BCUT2D eigenvalue weighted by Gasteiger charge is 2.29. The number of aliphatic hydroxyl groups is 1. The molecule has 0 amide bonds. The summed E-state index contributed by atoms with van der Waals surface area (Å²) in [4.78, 5) is 0. The van der Waals surface area contributed by atoms with E-state index in [-0.39, 0.29) is 6.04 Å². The van der Waals surface area contributed by atoms with E-state index >= 15 is 0 Å². The summed E-state index contributed by atoms with van der Waals surface area (Å²) in [5, 5.41) is 14.7. The van der Waals surface area contributed by atoms with Crippen molar-refractivity contribution in [3.05, 3.63) is 16.4 Å². The molecule has 2 heterocycles. The van der Waals surface area contributed by atoms with Crippen LogP contribution in [0.4, 0.5) is 0 Å². The Bertz CT molecular complexity index is 361. The van der Waals surface area contributed by atoms with Crippen LogP contribution in [-0.2, 0) is 0 Å². The van der Waals surface area contributed by atoms with Crippen molar-refractivity contribution in [1.82, 2.24) is 9.78 Å². The maximum absolute atomic E-state index is 10.4. The first kappa shape index (κ1) is 12.5. The second-order valence-corrected chi connectivity index (χ2v) is 6.49. The van der Waals surface area contributed by atoms with Crippen LogP contribution in [0.15, 0.2) is 10.7 Å². The molecule has 1 aromatic rings. The molecule has 0 saturated carbocycles. The summed E-state index contributed by atoms with van der Waals surface area (Å²) in [6.45, 7) is 4.16.